The molecule has 2 fully saturated rings. The maximum atomic E-state index is 11.1. The summed E-state index contributed by atoms with van der Waals surface area (Å²) >= 11 is 3.05. The molecule has 1 aromatic carbocycles. The molecule has 1 N–H and O–H groups in total. The number of hydrogen-bond donors (Lipinski definition) is 1. The second kappa shape index (κ2) is 8.48. The Hall–Kier alpha value is -1.87. The topological polar surface area (TPSA) is 97.0 Å². The molecule has 9 heteroatoms. The Kier molecular flexibility index (Phi) is 6.09. The molecule has 1 amide bonds. The Morgan fingerprint density at radius 1 is 1.32 bits per heavy atom. The number of nitro benzene ring substituents is 1. The van der Waals surface area contributed by atoms with Gasteiger partial charge in [-0.2, -0.15) is 5.10 Å². The lowest BCUT2D eigenvalue weighted by atomic mass is 10.0. The van der Waals surface area contributed by atoms with E-state index in [1.54, 1.807) is 17.8 Å². The van der Waals surface area contributed by atoms with Crippen molar-refractivity contribution in [2.75, 3.05) is 5.75 Å². The van der Waals surface area contributed by atoms with Crippen LogP contribution in [0.4, 0.5) is 5.69 Å². The minimum atomic E-state index is -0.411. The smallest absolute Gasteiger partial charge is 0.270 e. The highest BCUT2D eigenvalue weighted by Crippen LogP contribution is 2.36. The lowest BCUT2D eigenvalue weighted by Gasteiger charge is -2.21. The van der Waals surface area contributed by atoms with Gasteiger partial charge in [0.05, 0.1) is 16.9 Å². The summed E-state index contributed by atoms with van der Waals surface area (Å²) < 4.78 is 0. The Balaban J connectivity index is 1.79. The first kappa shape index (κ1) is 17.9. The normalized spacial score (nSPS) is 20.3. The van der Waals surface area contributed by atoms with Gasteiger partial charge in [-0.05, 0) is 18.9 Å². The first-order valence-corrected chi connectivity index (χ1v) is 9.97. The monoisotopic (exact) mass is 378 g/mol. The van der Waals surface area contributed by atoms with Crippen molar-refractivity contribution < 1.29 is 9.72 Å². The van der Waals surface area contributed by atoms with Crippen LogP contribution in [-0.4, -0.2) is 33.2 Å². The number of amides is 1. The number of carbonyl (C=O) groups excluding carboxylic acids is 1. The molecule has 1 aliphatic heterocycles. The van der Waals surface area contributed by atoms with Crippen LogP contribution in [0, 0.1) is 10.1 Å². The van der Waals surface area contributed by atoms with E-state index in [4.69, 9.17) is 0 Å². The van der Waals surface area contributed by atoms with Crippen molar-refractivity contribution in [1.29, 1.82) is 0 Å². The molecule has 1 aromatic rings. The van der Waals surface area contributed by atoms with Crippen LogP contribution in [0.25, 0.3) is 0 Å². The Morgan fingerprint density at radius 3 is 2.80 bits per heavy atom. The maximum absolute atomic E-state index is 11.1. The van der Waals surface area contributed by atoms with E-state index in [1.807, 2.05) is 0 Å². The van der Waals surface area contributed by atoms with Gasteiger partial charge in [-0.3, -0.25) is 14.9 Å². The molecule has 0 bridgehead atoms. The van der Waals surface area contributed by atoms with Crippen molar-refractivity contribution in [2.24, 2.45) is 10.2 Å². The Labute approximate surface area is 153 Å². The van der Waals surface area contributed by atoms with E-state index < -0.39 is 4.92 Å². The molecule has 1 saturated heterocycles. The summed E-state index contributed by atoms with van der Waals surface area (Å²) in [7, 11) is 0. The summed E-state index contributed by atoms with van der Waals surface area (Å²) in [4.78, 5) is 22.8. The maximum Gasteiger partial charge on any atom is 0.270 e. The van der Waals surface area contributed by atoms with Gasteiger partial charge in [-0.25, -0.2) is 0 Å². The lowest BCUT2D eigenvalue weighted by molar-refractivity contribution is -0.384. The average Bonchev–Trinajstić information content (AvgIpc) is 3.02. The quantitative estimate of drug-likeness (QED) is 0.480. The SMILES string of the molecule is O=C1CSC(=NN=Cc2cc([N+](=O)[O-])ccc2SC2CCCCC2)N1. The van der Waals surface area contributed by atoms with Crippen molar-refractivity contribution in [3.05, 3.63) is 33.9 Å². The largest absolute Gasteiger partial charge is 0.303 e. The van der Waals surface area contributed by atoms with Gasteiger partial charge in [0.1, 0.15) is 0 Å². The standard InChI is InChI=1S/C16H18N4O3S2/c21-15-10-24-16(18-15)19-17-9-11-8-12(20(22)23)6-7-14(11)25-13-4-2-1-3-5-13/h6-9,13H,1-5,10H2,(H,18,19,21). The molecule has 0 unspecified atom stereocenters. The molecule has 2 aliphatic rings. The van der Waals surface area contributed by atoms with Crippen LogP contribution < -0.4 is 5.32 Å². The zero-order valence-electron chi connectivity index (χ0n) is 13.5. The third-order valence-corrected chi connectivity index (χ3v) is 6.28. The Morgan fingerprint density at radius 2 is 2.12 bits per heavy atom. The number of nitro groups is 1. The number of benzene rings is 1. The molecule has 0 atom stereocenters. The number of amidine groups is 1. The number of non-ortho nitro benzene ring substituents is 1. The number of hydrogen-bond acceptors (Lipinski definition) is 7. The highest BCUT2D eigenvalue weighted by Gasteiger charge is 2.18. The minimum Gasteiger partial charge on any atom is -0.303 e. The summed E-state index contributed by atoms with van der Waals surface area (Å²) in [5.41, 5.74) is 0.717. The lowest BCUT2D eigenvalue weighted by Crippen LogP contribution is -2.19. The van der Waals surface area contributed by atoms with Crippen molar-refractivity contribution in [2.45, 2.75) is 42.2 Å². The molecule has 3 rings (SSSR count). The van der Waals surface area contributed by atoms with Crippen LogP contribution in [0.3, 0.4) is 0 Å². The van der Waals surface area contributed by atoms with Gasteiger partial charge in [0.15, 0.2) is 5.17 Å². The fourth-order valence-corrected chi connectivity index (χ4v) is 4.70. The number of nitrogens with one attached hydrogen (secondary N) is 1. The van der Waals surface area contributed by atoms with Crippen LogP contribution in [0.1, 0.15) is 37.7 Å². The number of carbonyl (C=O) groups is 1. The number of thioether (sulfide) groups is 2. The highest BCUT2D eigenvalue weighted by molar-refractivity contribution is 8.15. The second-order valence-electron chi connectivity index (χ2n) is 5.84. The molecule has 25 heavy (non-hydrogen) atoms. The third-order valence-electron chi connectivity index (χ3n) is 3.98. The van der Waals surface area contributed by atoms with Crippen molar-refractivity contribution >= 4 is 46.5 Å². The van der Waals surface area contributed by atoms with Gasteiger partial charge >= 0.3 is 0 Å². The van der Waals surface area contributed by atoms with Gasteiger partial charge in [0.25, 0.3) is 5.69 Å². The molecule has 0 aromatic heterocycles. The van der Waals surface area contributed by atoms with Crippen LogP contribution >= 0.6 is 23.5 Å². The summed E-state index contributed by atoms with van der Waals surface area (Å²) in [5, 5.41) is 22.6. The van der Waals surface area contributed by atoms with E-state index in [9.17, 15) is 14.9 Å². The Bertz CT molecular complexity index is 730. The van der Waals surface area contributed by atoms with Gasteiger partial charge in [-0.15, -0.1) is 16.9 Å². The number of rotatable bonds is 5. The predicted octanol–water partition coefficient (Wildman–Crippen LogP) is 3.57. The first-order chi connectivity index (χ1) is 12.1. The van der Waals surface area contributed by atoms with E-state index >= 15 is 0 Å². The van der Waals surface area contributed by atoms with Gasteiger partial charge in [0.2, 0.25) is 5.91 Å². The molecule has 1 heterocycles. The molecule has 0 spiro atoms. The first-order valence-electron chi connectivity index (χ1n) is 8.10. The zero-order chi connectivity index (χ0) is 17.6. The molecular formula is C16H18N4O3S2. The van der Waals surface area contributed by atoms with E-state index in [0.717, 1.165) is 4.90 Å². The van der Waals surface area contributed by atoms with Gasteiger partial charge in [0, 0.05) is 27.8 Å². The molecule has 1 aliphatic carbocycles. The molecule has 0 radical (unpaired) electrons. The fraction of sp³-hybridized carbons (Fsp3) is 0.438. The molecular weight excluding hydrogens is 360 g/mol. The van der Waals surface area contributed by atoms with Crippen LogP contribution in [0.15, 0.2) is 33.3 Å². The summed E-state index contributed by atoms with van der Waals surface area (Å²) in [5.74, 6) is 0.247. The van der Waals surface area contributed by atoms with E-state index in [0.29, 0.717) is 21.7 Å². The molecule has 132 valence electrons. The third kappa shape index (κ3) is 5.05. The minimum absolute atomic E-state index is 0.0330. The van der Waals surface area contributed by atoms with Gasteiger partial charge in [-0.1, -0.05) is 31.0 Å². The van der Waals surface area contributed by atoms with E-state index in [-0.39, 0.29) is 11.6 Å². The van der Waals surface area contributed by atoms with E-state index in [2.05, 4.69) is 15.5 Å². The van der Waals surface area contributed by atoms with Crippen molar-refractivity contribution in [1.82, 2.24) is 5.32 Å². The molecule has 7 nitrogen and oxygen atoms in total. The summed E-state index contributed by atoms with van der Waals surface area (Å²) in [6.45, 7) is 0. The highest BCUT2D eigenvalue weighted by atomic mass is 32.2. The van der Waals surface area contributed by atoms with Crippen LogP contribution in [-0.2, 0) is 4.79 Å². The number of nitrogens with zero attached hydrogens (tertiary/aromatic N) is 3. The average molecular weight is 378 g/mol. The zero-order valence-corrected chi connectivity index (χ0v) is 15.1. The second-order valence-corrected chi connectivity index (χ2v) is 8.15. The van der Waals surface area contributed by atoms with Crippen molar-refractivity contribution in [3.8, 4) is 0 Å². The summed E-state index contributed by atoms with van der Waals surface area (Å²) in [6, 6.07) is 4.84. The van der Waals surface area contributed by atoms with Crippen LogP contribution in [0.2, 0.25) is 0 Å². The van der Waals surface area contributed by atoms with E-state index in [1.165, 1.54) is 62.2 Å². The molecule has 1 saturated carbocycles. The van der Waals surface area contributed by atoms with Crippen molar-refractivity contribution in [3.63, 3.8) is 0 Å². The predicted molar refractivity (Wildman–Crippen MR) is 101 cm³/mol. The fourth-order valence-electron chi connectivity index (χ4n) is 2.74. The van der Waals surface area contributed by atoms with Crippen LogP contribution in [0.5, 0.6) is 0 Å². The van der Waals surface area contributed by atoms with Gasteiger partial charge < -0.3 is 5.32 Å². The summed E-state index contributed by atoms with van der Waals surface area (Å²) in [6.07, 6.45) is 7.62.